The minimum Gasteiger partial charge on any atom is -0.497 e. The van der Waals surface area contributed by atoms with Gasteiger partial charge in [-0.3, -0.25) is 4.79 Å². The van der Waals surface area contributed by atoms with E-state index in [1.807, 2.05) is 0 Å². The van der Waals surface area contributed by atoms with Crippen molar-refractivity contribution in [3.05, 3.63) is 53.3 Å². The molecule has 0 aliphatic heterocycles. The molecule has 0 N–H and O–H groups in total. The number of hydrogen-bond donors (Lipinski definition) is 0. The first kappa shape index (κ1) is 19.3. The molecule has 0 saturated heterocycles. The van der Waals surface area contributed by atoms with Crippen molar-refractivity contribution in [2.45, 2.75) is 6.92 Å². The summed E-state index contributed by atoms with van der Waals surface area (Å²) in [4.78, 5) is 24.8. The predicted octanol–water partition coefficient (Wildman–Crippen LogP) is 3.81. The van der Waals surface area contributed by atoms with Crippen LogP contribution in [0, 0.1) is 6.92 Å². The number of fused-ring (bicyclic) bond motifs is 1. The number of hydrogen-bond acceptors (Lipinski definition) is 7. The summed E-state index contributed by atoms with van der Waals surface area (Å²) in [6.45, 7) is 1.33. The van der Waals surface area contributed by atoms with Gasteiger partial charge >= 0.3 is 5.97 Å². The summed E-state index contributed by atoms with van der Waals surface area (Å²) in [7, 11) is 4.55. The van der Waals surface area contributed by atoms with Crippen LogP contribution in [0.15, 0.2) is 40.8 Å². The highest BCUT2D eigenvalue weighted by atomic mass is 16.5. The van der Waals surface area contributed by atoms with Crippen LogP contribution in [0.4, 0.5) is 0 Å². The molecule has 0 unspecified atom stereocenters. The number of furan rings is 1. The first-order chi connectivity index (χ1) is 13.5. The third kappa shape index (κ3) is 3.64. The summed E-state index contributed by atoms with van der Waals surface area (Å²) in [5.74, 6) is 0.556. The van der Waals surface area contributed by atoms with Gasteiger partial charge in [-0.25, -0.2) is 4.79 Å². The van der Waals surface area contributed by atoms with Gasteiger partial charge in [0.05, 0.1) is 21.3 Å². The number of aryl methyl sites for hydroxylation is 1. The molecule has 3 aromatic rings. The fourth-order valence-corrected chi connectivity index (χ4v) is 2.81. The second-order valence-electron chi connectivity index (χ2n) is 5.99. The summed E-state index contributed by atoms with van der Waals surface area (Å²) in [6.07, 6.45) is 0. The summed E-state index contributed by atoms with van der Waals surface area (Å²) in [5, 5.41) is 0.748. The topological polar surface area (TPSA) is 84.2 Å². The second-order valence-corrected chi connectivity index (χ2v) is 5.99. The molecule has 0 atom stereocenters. The average molecular weight is 384 g/mol. The SMILES string of the molecule is COc1ccc2oc(C(=O)OCC(=O)c3ccc(OC)c(OC)c3)c(C)c2c1. The molecule has 0 aliphatic carbocycles. The lowest BCUT2D eigenvalue weighted by Gasteiger charge is -2.09. The second kappa shape index (κ2) is 8.04. The van der Waals surface area contributed by atoms with Gasteiger partial charge in [-0.05, 0) is 43.3 Å². The van der Waals surface area contributed by atoms with Gasteiger partial charge in [-0.2, -0.15) is 0 Å². The molecule has 28 heavy (non-hydrogen) atoms. The van der Waals surface area contributed by atoms with Gasteiger partial charge in [-0.1, -0.05) is 0 Å². The van der Waals surface area contributed by atoms with Crippen molar-refractivity contribution >= 4 is 22.7 Å². The Bertz CT molecular complexity index is 1030. The zero-order valence-electron chi connectivity index (χ0n) is 16.0. The van der Waals surface area contributed by atoms with Crippen molar-refractivity contribution < 1.29 is 33.0 Å². The molecule has 7 nitrogen and oxygen atoms in total. The molecule has 1 heterocycles. The molecule has 2 aromatic carbocycles. The monoisotopic (exact) mass is 384 g/mol. The normalized spacial score (nSPS) is 10.6. The van der Waals surface area contributed by atoms with Crippen molar-refractivity contribution in [2.24, 2.45) is 0 Å². The number of ether oxygens (including phenoxy) is 4. The first-order valence-electron chi connectivity index (χ1n) is 8.48. The van der Waals surface area contributed by atoms with Gasteiger partial charge in [0, 0.05) is 16.5 Å². The number of esters is 1. The average Bonchev–Trinajstić information content (AvgIpc) is 3.07. The molecule has 0 aliphatic rings. The summed E-state index contributed by atoms with van der Waals surface area (Å²) in [6, 6.07) is 9.96. The third-order valence-corrected chi connectivity index (χ3v) is 4.37. The van der Waals surface area contributed by atoms with Gasteiger partial charge in [0.2, 0.25) is 5.76 Å². The van der Waals surface area contributed by atoms with Crippen LogP contribution in [-0.2, 0) is 4.74 Å². The smallest absolute Gasteiger partial charge is 0.375 e. The number of carbonyl (C=O) groups is 2. The van der Waals surface area contributed by atoms with Crippen molar-refractivity contribution in [2.75, 3.05) is 27.9 Å². The molecule has 0 bridgehead atoms. The Morgan fingerprint density at radius 2 is 1.68 bits per heavy atom. The van der Waals surface area contributed by atoms with Crippen LogP contribution in [0.2, 0.25) is 0 Å². The van der Waals surface area contributed by atoms with E-state index < -0.39 is 12.6 Å². The maximum absolute atomic E-state index is 12.4. The molecule has 0 saturated carbocycles. The van der Waals surface area contributed by atoms with E-state index in [4.69, 9.17) is 23.4 Å². The molecule has 0 fully saturated rings. The summed E-state index contributed by atoms with van der Waals surface area (Å²) in [5.41, 5.74) is 1.51. The van der Waals surface area contributed by atoms with Crippen LogP contribution >= 0.6 is 0 Å². The molecule has 0 amide bonds. The minimum absolute atomic E-state index is 0.0587. The number of benzene rings is 2. The van der Waals surface area contributed by atoms with Crippen molar-refractivity contribution in [1.82, 2.24) is 0 Å². The molecule has 3 rings (SSSR count). The highest BCUT2D eigenvalue weighted by Crippen LogP contribution is 2.30. The lowest BCUT2D eigenvalue weighted by molar-refractivity contribution is 0.0445. The first-order valence-corrected chi connectivity index (χ1v) is 8.48. The zero-order valence-corrected chi connectivity index (χ0v) is 16.0. The molecule has 0 spiro atoms. The van der Waals surface area contributed by atoms with Crippen LogP contribution in [-0.4, -0.2) is 39.7 Å². The maximum atomic E-state index is 12.4. The Labute approximate surface area is 161 Å². The Kier molecular flexibility index (Phi) is 5.54. The van der Waals surface area contributed by atoms with Gasteiger partial charge in [-0.15, -0.1) is 0 Å². The maximum Gasteiger partial charge on any atom is 0.375 e. The van der Waals surface area contributed by atoms with E-state index in [2.05, 4.69) is 0 Å². The molecular weight excluding hydrogens is 364 g/mol. The van der Waals surface area contributed by atoms with E-state index >= 15 is 0 Å². The number of rotatable bonds is 7. The molecule has 0 radical (unpaired) electrons. The standard InChI is InChI=1S/C21H20O7/c1-12-15-10-14(24-2)6-8-17(15)28-20(12)21(23)27-11-16(22)13-5-7-18(25-3)19(9-13)26-4/h5-10H,11H2,1-4H3. The largest absolute Gasteiger partial charge is 0.497 e. The Morgan fingerprint density at radius 1 is 0.929 bits per heavy atom. The van der Waals surface area contributed by atoms with Gasteiger partial charge < -0.3 is 23.4 Å². The Balaban J connectivity index is 1.74. The van der Waals surface area contributed by atoms with E-state index in [1.165, 1.54) is 20.3 Å². The van der Waals surface area contributed by atoms with Crippen LogP contribution in [0.5, 0.6) is 17.2 Å². The number of methoxy groups -OCH3 is 3. The lowest BCUT2D eigenvalue weighted by atomic mass is 10.1. The molecule has 146 valence electrons. The van der Waals surface area contributed by atoms with E-state index in [0.29, 0.717) is 34.0 Å². The summed E-state index contributed by atoms with van der Waals surface area (Å²) >= 11 is 0. The summed E-state index contributed by atoms with van der Waals surface area (Å²) < 4.78 is 26.3. The highest BCUT2D eigenvalue weighted by Gasteiger charge is 2.21. The Morgan fingerprint density at radius 3 is 2.36 bits per heavy atom. The third-order valence-electron chi connectivity index (χ3n) is 4.37. The highest BCUT2D eigenvalue weighted by molar-refractivity contribution is 6.01. The van der Waals surface area contributed by atoms with Crippen LogP contribution in [0.25, 0.3) is 11.0 Å². The van der Waals surface area contributed by atoms with Crippen LogP contribution in [0.1, 0.15) is 26.5 Å². The molecular formula is C21H20O7. The van der Waals surface area contributed by atoms with Crippen molar-refractivity contribution in [3.63, 3.8) is 0 Å². The van der Waals surface area contributed by atoms with E-state index in [-0.39, 0.29) is 11.5 Å². The number of ketones is 1. The van der Waals surface area contributed by atoms with Crippen molar-refractivity contribution in [3.8, 4) is 17.2 Å². The van der Waals surface area contributed by atoms with Crippen molar-refractivity contribution in [1.29, 1.82) is 0 Å². The van der Waals surface area contributed by atoms with E-state index in [1.54, 1.807) is 44.4 Å². The van der Waals surface area contributed by atoms with Gasteiger partial charge in [0.1, 0.15) is 11.3 Å². The predicted molar refractivity (Wildman–Crippen MR) is 102 cm³/mol. The molecule has 7 heteroatoms. The van der Waals surface area contributed by atoms with Gasteiger partial charge in [0.15, 0.2) is 23.9 Å². The quantitative estimate of drug-likeness (QED) is 0.452. The van der Waals surface area contributed by atoms with Crippen LogP contribution < -0.4 is 14.2 Å². The lowest BCUT2D eigenvalue weighted by Crippen LogP contribution is -2.14. The molecule has 1 aromatic heterocycles. The van der Waals surface area contributed by atoms with E-state index in [0.717, 1.165) is 5.39 Å². The Hall–Kier alpha value is -3.48. The van der Waals surface area contributed by atoms with Crippen LogP contribution in [0.3, 0.4) is 0 Å². The minimum atomic E-state index is -0.707. The fraction of sp³-hybridized carbons (Fsp3) is 0.238. The van der Waals surface area contributed by atoms with Gasteiger partial charge in [0.25, 0.3) is 0 Å². The van der Waals surface area contributed by atoms with E-state index in [9.17, 15) is 9.59 Å². The zero-order chi connectivity index (χ0) is 20.3. The fourth-order valence-electron chi connectivity index (χ4n) is 2.81. The number of carbonyl (C=O) groups excluding carboxylic acids is 2. The number of Topliss-reactive ketones (excluding diaryl/α,β-unsaturated/α-hetero) is 1.